The van der Waals surface area contributed by atoms with Crippen molar-refractivity contribution in [2.45, 2.75) is 20.3 Å². The van der Waals surface area contributed by atoms with Gasteiger partial charge in [-0.1, -0.05) is 35.3 Å². The SMILES string of the molecule is Cc1cc(C)c2nc(Cc3c(Cl)[c]ccc3Cl)n(C)c2c1. The van der Waals surface area contributed by atoms with E-state index in [9.17, 15) is 0 Å². The molecule has 0 unspecified atom stereocenters. The van der Waals surface area contributed by atoms with Gasteiger partial charge in [-0.25, -0.2) is 4.98 Å². The zero-order valence-electron chi connectivity index (χ0n) is 12.2. The average Bonchev–Trinajstić information content (AvgIpc) is 2.72. The van der Waals surface area contributed by atoms with Crippen LogP contribution in [0.25, 0.3) is 11.0 Å². The van der Waals surface area contributed by atoms with E-state index in [4.69, 9.17) is 28.2 Å². The van der Waals surface area contributed by atoms with E-state index in [0.717, 1.165) is 22.4 Å². The van der Waals surface area contributed by atoms with Crippen molar-refractivity contribution in [1.82, 2.24) is 9.55 Å². The number of hydrogen-bond acceptors (Lipinski definition) is 1. The van der Waals surface area contributed by atoms with Gasteiger partial charge in [0, 0.05) is 24.6 Å². The van der Waals surface area contributed by atoms with Crippen LogP contribution in [0, 0.1) is 19.9 Å². The third-order valence-corrected chi connectivity index (χ3v) is 4.43. The summed E-state index contributed by atoms with van der Waals surface area (Å²) >= 11 is 12.5. The fraction of sp³-hybridized carbons (Fsp3) is 0.235. The summed E-state index contributed by atoms with van der Waals surface area (Å²) in [5, 5.41) is 1.21. The van der Waals surface area contributed by atoms with Crippen molar-refractivity contribution in [3.8, 4) is 0 Å². The van der Waals surface area contributed by atoms with Crippen LogP contribution in [0.2, 0.25) is 10.0 Å². The van der Waals surface area contributed by atoms with Crippen LogP contribution in [0.15, 0.2) is 24.3 Å². The number of hydrogen-bond donors (Lipinski definition) is 0. The molecule has 3 aromatic rings. The lowest BCUT2D eigenvalue weighted by molar-refractivity contribution is 0.844. The van der Waals surface area contributed by atoms with E-state index in [1.54, 1.807) is 12.1 Å². The fourth-order valence-electron chi connectivity index (χ4n) is 2.64. The van der Waals surface area contributed by atoms with Crippen molar-refractivity contribution in [1.29, 1.82) is 0 Å². The smallest absolute Gasteiger partial charge is 0.114 e. The second-order valence-corrected chi connectivity index (χ2v) is 6.12. The molecule has 3 rings (SSSR count). The monoisotopic (exact) mass is 317 g/mol. The molecule has 0 bridgehead atoms. The maximum absolute atomic E-state index is 6.25. The number of halogens is 2. The molecule has 0 fully saturated rings. The van der Waals surface area contributed by atoms with Crippen molar-refractivity contribution in [3.05, 3.63) is 62.9 Å². The van der Waals surface area contributed by atoms with E-state index in [1.807, 2.05) is 7.05 Å². The van der Waals surface area contributed by atoms with Crippen LogP contribution in [-0.4, -0.2) is 9.55 Å². The highest BCUT2D eigenvalue weighted by Crippen LogP contribution is 2.28. The molecular weight excluding hydrogens is 303 g/mol. The summed E-state index contributed by atoms with van der Waals surface area (Å²) in [6.07, 6.45) is 0.596. The third kappa shape index (κ3) is 2.54. The molecule has 0 aliphatic heterocycles. The van der Waals surface area contributed by atoms with Crippen molar-refractivity contribution >= 4 is 34.2 Å². The highest BCUT2D eigenvalue weighted by molar-refractivity contribution is 6.35. The van der Waals surface area contributed by atoms with E-state index in [1.165, 1.54) is 11.1 Å². The minimum atomic E-state index is 0.558. The first-order chi connectivity index (χ1) is 9.97. The molecule has 0 aliphatic carbocycles. The van der Waals surface area contributed by atoms with Gasteiger partial charge in [0.1, 0.15) is 5.82 Å². The zero-order chi connectivity index (χ0) is 15.1. The topological polar surface area (TPSA) is 17.8 Å². The molecule has 0 N–H and O–H groups in total. The summed E-state index contributed by atoms with van der Waals surface area (Å²) in [6, 6.07) is 10.8. The molecule has 0 spiro atoms. The lowest BCUT2D eigenvalue weighted by atomic mass is 10.1. The molecule has 4 heteroatoms. The molecule has 107 valence electrons. The van der Waals surface area contributed by atoms with Gasteiger partial charge in [0.25, 0.3) is 0 Å². The molecule has 0 atom stereocenters. The Bertz CT molecular complexity index is 814. The first kappa shape index (κ1) is 14.4. The second-order valence-electron chi connectivity index (χ2n) is 5.33. The van der Waals surface area contributed by atoms with Gasteiger partial charge in [0.15, 0.2) is 0 Å². The van der Waals surface area contributed by atoms with Gasteiger partial charge in [-0.3, -0.25) is 0 Å². The second kappa shape index (κ2) is 5.36. The lowest BCUT2D eigenvalue weighted by Crippen LogP contribution is -2.00. The van der Waals surface area contributed by atoms with Crippen LogP contribution in [0.5, 0.6) is 0 Å². The predicted molar refractivity (Wildman–Crippen MR) is 88.3 cm³/mol. The van der Waals surface area contributed by atoms with Crippen LogP contribution in [-0.2, 0) is 13.5 Å². The number of benzene rings is 2. The molecule has 0 amide bonds. The summed E-state index contributed by atoms with van der Waals surface area (Å²) in [7, 11) is 2.03. The van der Waals surface area contributed by atoms with E-state index in [0.29, 0.717) is 16.5 Å². The number of aryl methyl sites for hydroxylation is 3. The number of nitrogens with zero attached hydrogens (tertiary/aromatic N) is 2. The van der Waals surface area contributed by atoms with Crippen LogP contribution >= 0.6 is 23.2 Å². The van der Waals surface area contributed by atoms with Crippen LogP contribution < -0.4 is 0 Å². The van der Waals surface area contributed by atoms with E-state index in [2.05, 4.69) is 36.6 Å². The maximum atomic E-state index is 6.25. The normalized spacial score (nSPS) is 11.3. The Kier molecular flexibility index (Phi) is 3.68. The molecule has 1 heterocycles. The quantitative estimate of drug-likeness (QED) is 0.658. The van der Waals surface area contributed by atoms with Gasteiger partial charge in [-0.15, -0.1) is 0 Å². The first-order valence-corrected chi connectivity index (χ1v) is 7.50. The Hall–Kier alpha value is -1.51. The standard InChI is InChI=1S/C17H15Cl2N2/c1-10-7-11(2)17-15(8-10)21(3)16(20-17)9-12-13(18)5-4-6-14(12)19/h4-5,7-8H,9H2,1-3H3. The first-order valence-electron chi connectivity index (χ1n) is 6.74. The number of fused-ring (bicyclic) bond motifs is 1. The average molecular weight is 318 g/mol. The van der Waals surface area contributed by atoms with Crippen molar-refractivity contribution in [2.75, 3.05) is 0 Å². The third-order valence-electron chi connectivity index (χ3n) is 3.74. The fourth-order valence-corrected chi connectivity index (χ4v) is 3.14. The summed E-state index contributed by atoms with van der Waals surface area (Å²) in [6.45, 7) is 4.18. The van der Waals surface area contributed by atoms with Gasteiger partial charge >= 0.3 is 0 Å². The van der Waals surface area contributed by atoms with Crippen LogP contribution in [0.1, 0.15) is 22.5 Å². The van der Waals surface area contributed by atoms with Gasteiger partial charge < -0.3 is 4.57 Å². The van der Waals surface area contributed by atoms with E-state index >= 15 is 0 Å². The van der Waals surface area contributed by atoms with Gasteiger partial charge in [0.05, 0.1) is 16.1 Å². The molecule has 0 aliphatic rings. The Morgan fingerprint density at radius 1 is 1.24 bits per heavy atom. The van der Waals surface area contributed by atoms with Gasteiger partial charge in [-0.2, -0.15) is 0 Å². The number of imidazole rings is 1. The van der Waals surface area contributed by atoms with Crippen LogP contribution in [0.4, 0.5) is 0 Å². The summed E-state index contributed by atoms with van der Waals surface area (Å²) < 4.78 is 2.11. The molecule has 2 nitrogen and oxygen atoms in total. The molecule has 2 aromatic carbocycles. The van der Waals surface area contributed by atoms with Crippen LogP contribution in [0.3, 0.4) is 0 Å². The molecular formula is C17H15Cl2N2. The zero-order valence-corrected chi connectivity index (χ0v) is 13.7. The minimum Gasteiger partial charge on any atom is -0.331 e. The largest absolute Gasteiger partial charge is 0.331 e. The highest BCUT2D eigenvalue weighted by Gasteiger charge is 2.14. The molecule has 0 saturated heterocycles. The molecule has 1 aromatic heterocycles. The van der Waals surface area contributed by atoms with Gasteiger partial charge in [0.2, 0.25) is 0 Å². The summed E-state index contributed by atoms with van der Waals surface area (Å²) in [5.74, 6) is 0.946. The Morgan fingerprint density at radius 2 is 2.00 bits per heavy atom. The van der Waals surface area contributed by atoms with Crippen molar-refractivity contribution in [2.24, 2.45) is 7.05 Å². The van der Waals surface area contributed by atoms with Crippen molar-refractivity contribution < 1.29 is 0 Å². The molecule has 21 heavy (non-hydrogen) atoms. The van der Waals surface area contributed by atoms with Crippen molar-refractivity contribution in [3.63, 3.8) is 0 Å². The lowest BCUT2D eigenvalue weighted by Gasteiger charge is -2.07. The Labute approximate surface area is 134 Å². The minimum absolute atomic E-state index is 0.558. The molecule has 1 radical (unpaired) electrons. The number of aromatic nitrogens is 2. The number of rotatable bonds is 2. The maximum Gasteiger partial charge on any atom is 0.114 e. The highest BCUT2D eigenvalue weighted by atomic mass is 35.5. The molecule has 0 saturated carbocycles. The Balaban J connectivity index is 2.14. The Morgan fingerprint density at radius 3 is 2.71 bits per heavy atom. The summed E-state index contributed by atoms with van der Waals surface area (Å²) in [5.41, 5.74) is 5.45. The van der Waals surface area contributed by atoms with Gasteiger partial charge in [-0.05, 0) is 42.7 Å². The summed E-state index contributed by atoms with van der Waals surface area (Å²) in [4.78, 5) is 4.76. The predicted octanol–water partition coefficient (Wildman–Crippen LogP) is 4.89. The van der Waals surface area contributed by atoms with E-state index < -0.39 is 0 Å². The van der Waals surface area contributed by atoms with E-state index in [-0.39, 0.29) is 0 Å².